The predicted molar refractivity (Wildman–Crippen MR) is 65.2 cm³/mol. The highest BCUT2D eigenvalue weighted by molar-refractivity contribution is 6.31. The first-order valence-corrected chi connectivity index (χ1v) is 6.27. The van der Waals surface area contributed by atoms with Gasteiger partial charge in [0.25, 0.3) is 0 Å². The minimum Gasteiger partial charge on any atom is -0.352 e. The first-order chi connectivity index (χ1) is 8.18. The van der Waals surface area contributed by atoms with Gasteiger partial charge in [0.2, 0.25) is 5.91 Å². The van der Waals surface area contributed by atoms with Gasteiger partial charge in [-0.25, -0.2) is 4.39 Å². The van der Waals surface area contributed by atoms with Crippen LogP contribution in [0.15, 0.2) is 18.2 Å². The molecule has 0 bridgehead atoms. The Morgan fingerprint density at radius 2 is 2.12 bits per heavy atom. The van der Waals surface area contributed by atoms with Crippen molar-refractivity contribution >= 4 is 17.5 Å². The van der Waals surface area contributed by atoms with Crippen molar-refractivity contribution in [3.05, 3.63) is 34.6 Å². The highest BCUT2D eigenvalue weighted by Crippen LogP contribution is 2.25. The van der Waals surface area contributed by atoms with Gasteiger partial charge in [0.05, 0.1) is 0 Å². The van der Waals surface area contributed by atoms with Crippen LogP contribution in [0.4, 0.5) is 4.39 Å². The van der Waals surface area contributed by atoms with E-state index in [4.69, 9.17) is 11.6 Å². The van der Waals surface area contributed by atoms with E-state index in [1.165, 1.54) is 6.07 Å². The molecule has 0 unspecified atom stereocenters. The van der Waals surface area contributed by atoms with Crippen LogP contribution in [0, 0.1) is 11.7 Å². The Morgan fingerprint density at radius 1 is 1.41 bits per heavy atom. The molecule has 1 aliphatic carbocycles. The highest BCUT2D eigenvalue weighted by atomic mass is 35.5. The van der Waals surface area contributed by atoms with Crippen molar-refractivity contribution in [3.63, 3.8) is 0 Å². The number of halogens is 2. The summed E-state index contributed by atoms with van der Waals surface area (Å²) in [6.07, 6.45) is 4.10. The molecule has 1 aromatic carbocycles. The second-order valence-electron chi connectivity index (χ2n) is 4.40. The van der Waals surface area contributed by atoms with Crippen molar-refractivity contribution in [1.82, 2.24) is 5.32 Å². The molecule has 1 aromatic rings. The van der Waals surface area contributed by atoms with Crippen LogP contribution in [-0.4, -0.2) is 5.91 Å². The summed E-state index contributed by atoms with van der Waals surface area (Å²) in [6.45, 7) is 0.167. The molecule has 1 saturated carbocycles. The number of hydrogen-bond acceptors (Lipinski definition) is 1. The van der Waals surface area contributed by atoms with Gasteiger partial charge in [-0.15, -0.1) is 0 Å². The zero-order valence-corrected chi connectivity index (χ0v) is 10.3. The molecular weight excluding hydrogens is 241 g/mol. The summed E-state index contributed by atoms with van der Waals surface area (Å²) in [5, 5.41) is 3.12. The van der Waals surface area contributed by atoms with Gasteiger partial charge in [0.1, 0.15) is 5.82 Å². The zero-order valence-electron chi connectivity index (χ0n) is 9.51. The summed E-state index contributed by atoms with van der Waals surface area (Å²) >= 11 is 5.88. The fraction of sp³-hybridized carbons (Fsp3) is 0.462. The Hall–Kier alpha value is -1.09. The quantitative estimate of drug-likeness (QED) is 0.882. The Morgan fingerprint density at radius 3 is 2.76 bits per heavy atom. The predicted octanol–water partition coefficient (Wildman–Crippen LogP) is 3.29. The van der Waals surface area contributed by atoms with Crippen molar-refractivity contribution in [2.75, 3.05) is 0 Å². The Labute approximate surface area is 105 Å². The van der Waals surface area contributed by atoms with Gasteiger partial charge < -0.3 is 5.32 Å². The van der Waals surface area contributed by atoms with Crippen LogP contribution in [0.2, 0.25) is 5.02 Å². The van der Waals surface area contributed by atoms with E-state index < -0.39 is 0 Å². The Kier molecular flexibility index (Phi) is 4.00. The summed E-state index contributed by atoms with van der Waals surface area (Å²) in [7, 11) is 0. The lowest BCUT2D eigenvalue weighted by Crippen LogP contribution is -2.29. The van der Waals surface area contributed by atoms with Crippen LogP contribution in [0.3, 0.4) is 0 Å². The molecule has 0 aromatic heterocycles. The molecule has 2 nitrogen and oxygen atoms in total. The van der Waals surface area contributed by atoms with Gasteiger partial charge in [0.15, 0.2) is 0 Å². The van der Waals surface area contributed by atoms with E-state index >= 15 is 0 Å². The van der Waals surface area contributed by atoms with E-state index in [2.05, 4.69) is 5.32 Å². The van der Waals surface area contributed by atoms with E-state index in [0.717, 1.165) is 25.7 Å². The molecule has 0 heterocycles. The Balaban J connectivity index is 1.95. The third kappa shape index (κ3) is 2.97. The fourth-order valence-corrected chi connectivity index (χ4v) is 2.44. The molecule has 0 atom stereocenters. The minimum atomic E-state index is -0.371. The first kappa shape index (κ1) is 12.4. The maximum Gasteiger partial charge on any atom is 0.223 e. The van der Waals surface area contributed by atoms with Gasteiger partial charge in [0, 0.05) is 23.0 Å². The fourth-order valence-electron chi connectivity index (χ4n) is 2.21. The van der Waals surface area contributed by atoms with E-state index in [1.54, 1.807) is 12.1 Å². The second-order valence-corrected chi connectivity index (χ2v) is 4.81. The standard InChI is InChI=1S/C13H15ClFNO/c14-11-6-3-7-12(15)10(11)8-16-13(17)9-4-1-2-5-9/h3,6-7,9H,1-2,4-5,8H2,(H,16,17). The van der Waals surface area contributed by atoms with Crippen LogP contribution in [0.25, 0.3) is 0 Å². The maximum atomic E-state index is 13.4. The van der Waals surface area contributed by atoms with E-state index in [0.29, 0.717) is 10.6 Å². The first-order valence-electron chi connectivity index (χ1n) is 5.89. The number of carbonyl (C=O) groups excluding carboxylic acids is 1. The zero-order chi connectivity index (χ0) is 12.3. The lowest BCUT2D eigenvalue weighted by molar-refractivity contribution is -0.124. The molecule has 0 saturated heterocycles. The number of nitrogens with one attached hydrogen (secondary N) is 1. The molecule has 1 N–H and O–H groups in total. The van der Waals surface area contributed by atoms with Crippen LogP contribution in [-0.2, 0) is 11.3 Å². The number of carbonyl (C=O) groups is 1. The summed E-state index contributed by atoms with van der Waals surface area (Å²) in [6, 6.07) is 4.53. The second kappa shape index (κ2) is 5.50. The topological polar surface area (TPSA) is 29.1 Å². The molecule has 0 radical (unpaired) electrons. The lowest BCUT2D eigenvalue weighted by Gasteiger charge is -2.11. The maximum absolute atomic E-state index is 13.4. The minimum absolute atomic E-state index is 0.0156. The van der Waals surface area contributed by atoms with Crippen molar-refractivity contribution in [2.24, 2.45) is 5.92 Å². The van der Waals surface area contributed by atoms with Gasteiger partial charge >= 0.3 is 0 Å². The molecule has 17 heavy (non-hydrogen) atoms. The van der Waals surface area contributed by atoms with Gasteiger partial charge in [-0.3, -0.25) is 4.79 Å². The van der Waals surface area contributed by atoms with Crippen molar-refractivity contribution in [2.45, 2.75) is 32.2 Å². The monoisotopic (exact) mass is 255 g/mol. The summed E-state index contributed by atoms with van der Waals surface area (Å²) in [5.41, 5.74) is 0.362. The Bertz CT molecular complexity index is 396. The number of amides is 1. The molecule has 1 fully saturated rings. The molecule has 1 amide bonds. The highest BCUT2D eigenvalue weighted by Gasteiger charge is 2.22. The van der Waals surface area contributed by atoms with Crippen LogP contribution in [0.5, 0.6) is 0 Å². The molecule has 0 spiro atoms. The SMILES string of the molecule is O=C(NCc1c(F)cccc1Cl)C1CCCC1. The molecule has 2 rings (SSSR count). The van der Waals surface area contributed by atoms with Crippen LogP contribution >= 0.6 is 11.6 Å². The van der Waals surface area contributed by atoms with Gasteiger partial charge in [-0.1, -0.05) is 30.5 Å². The lowest BCUT2D eigenvalue weighted by atomic mass is 10.1. The average molecular weight is 256 g/mol. The molecule has 0 aliphatic heterocycles. The van der Waals surface area contributed by atoms with Gasteiger partial charge in [-0.2, -0.15) is 0 Å². The summed E-state index contributed by atoms with van der Waals surface area (Å²) in [4.78, 5) is 11.8. The molecule has 4 heteroatoms. The molecule has 92 valence electrons. The van der Waals surface area contributed by atoms with Gasteiger partial charge in [-0.05, 0) is 25.0 Å². The largest absolute Gasteiger partial charge is 0.352 e. The average Bonchev–Trinajstić information content (AvgIpc) is 2.81. The van der Waals surface area contributed by atoms with E-state index in [9.17, 15) is 9.18 Å². The van der Waals surface area contributed by atoms with Crippen LogP contribution < -0.4 is 5.32 Å². The molecular formula is C13H15ClFNO. The van der Waals surface area contributed by atoms with Crippen molar-refractivity contribution in [1.29, 1.82) is 0 Å². The normalized spacial score (nSPS) is 16.1. The molecule has 1 aliphatic rings. The van der Waals surface area contributed by atoms with Crippen LogP contribution in [0.1, 0.15) is 31.2 Å². The van der Waals surface area contributed by atoms with E-state index in [-0.39, 0.29) is 24.2 Å². The van der Waals surface area contributed by atoms with Crippen molar-refractivity contribution in [3.8, 4) is 0 Å². The summed E-state index contributed by atoms with van der Waals surface area (Å²) in [5.74, 6) is -0.258. The van der Waals surface area contributed by atoms with E-state index in [1.807, 2.05) is 0 Å². The third-order valence-corrected chi connectivity index (χ3v) is 3.58. The smallest absolute Gasteiger partial charge is 0.223 e. The number of hydrogen-bond donors (Lipinski definition) is 1. The number of rotatable bonds is 3. The summed E-state index contributed by atoms with van der Waals surface area (Å²) < 4.78 is 13.4. The van der Waals surface area contributed by atoms with Crippen molar-refractivity contribution < 1.29 is 9.18 Å². The number of benzene rings is 1. The third-order valence-electron chi connectivity index (χ3n) is 3.23.